The number of piperidine rings is 1. The Balaban J connectivity index is 1.54. The highest BCUT2D eigenvalue weighted by atomic mass is 32.1. The molecule has 1 aromatic heterocycles. The van der Waals surface area contributed by atoms with Crippen molar-refractivity contribution in [3.63, 3.8) is 0 Å². The molecule has 2 heterocycles. The number of amides is 1. The number of halogens is 1. The second kappa shape index (κ2) is 8.54. The van der Waals surface area contributed by atoms with E-state index >= 15 is 0 Å². The molecule has 0 aliphatic carbocycles. The van der Waals surface area contributed by atoms with E-state index in [0.29, 0.717) is 23.9 Å². The zero-order valence-electron chi connectivity index (χ0n) is 14.5. The van der Waals surface area contributed by atoms with Gasteiger partial charge in [0.25, 0.3) is 5.91 Å². The van der Waals surface area contributed by atoms with Crippen LogP contribution in [0.3, 0.4) is 0 Å². The first-order valence-electron chi connectivity index (χ1n) is 8.87. The molecule has 6 heteroatoms. The molecule has 1 aromatic carbocycles. The van der Waals surface area contributed by atoms with E-state index in [-0.39, 0.29) is 11.7 Å². The zero-order valence-corrected chi connectivity index (χ0v) is 15.3. The maximum atomic E-state index is 13.0. The Kier molecular flexibility index (Phi) is 6.15. The van der Waals surface area contributed by atoms with Crippen molar-refractivity contribution in [2.45, 2.75) is 38.6 Å². The summed E-state index contributed by atoms with van der Waals surface area (Å²) in [4.78, 5) is 19.8. The van der Waals surface area contributed by atoms with E-state index in [1.54, 1.807) is 18.3 Å². The molecule has 1 N–H and O–H groups in total. The Hall–Kier alpha value is -1.79. The minimum Gasteiger partial charge on any atom is -0.350 e. The minimum atomic E-state index is -0.244. The lowest BCUT2D eigenvalue weighted by Gasteiger charge is -2.34. The number of rotatable bonds is 6. The predicted octanol–water partition coefficient (Wildman–Crippen LogP) is 3.48. The van der Waals surface area contributed by atoms with E-state index in [1.807, 2.05) is 0 Å². The molecule has 0 spiro atoms. The van der Waals surface area contributed by atoms with Gasteiger partial charge in [0, 0.05) is 19.0 Å². The average molecular weight is 361 g/mol. The van der Waals surface area contributed by atoms with Gasteiger partial charge in [-0.05, 0) is 43.6 Å². The molecule has 0 radical (unpaired) electrons. The Bertz CT molecular complexity index is 701. The predicted molar refractivity (Wildman–Crippen MR) is 98.5 cm³/mol. The number of likely N-dealkylation sites (tertiary alicyclic amines) is 1. The van der Waals surface area contributed by atoms with Crippen LogP contribution in [0.1, 0.15) is 46.4 Å². The van der Waals surface area contributed by atoms with Gasteiger partial charge in [-0.15, -0.1) is 11.3 Å². The summed E-state index contributed by atoms with van der Waals surface area (Å²) in [5, 5.41) is 3.92. The molecule has 2 aromatic rings. The van der Waals surface area contributed by atoms with Crippen molar-refractivity contribution in [3.8, 4) is 0 Å². The van der Waals surface area contributed by atoms with Gasteiger partial charge in [-0.3, -0.25) is 9.69 Å². The van der Waals surface area contributed by atoms with Crippen LogP contribution in [0, 0.1) is 5.82 Å². The van der Waals surface area contributed by atoms with Crippen LogP contribution in [0.15, 0.2) is 30.5 Å². The van der Waals surface area contributed by atoms with E-state index in [2.05, 4.69) is 22.1 Å². The molecule has 1 saturated heterocycles. The van der Waals surface area contributed by atoms with Crippen molar-refractivity contribution in [2.24, 2.45) is 0 Å². The third-order valence-corrected chi connectivity index (χ3v) is 5.70. The van der Waals surface area contributed by atoms with E-state index < -0.39 is 0 Å². The molecule has 1 aliphatic heterocycles. The summed E-state index contributed by atoms with van der Waals surface area (Å²) in [5.41, 5.74) is 0.989. The van der Waals surface area contributed by atoms with Crippen LogP contribution in [0.4, 0.5) is 4.39 Å². The van der Waals surface area contributed by atoms with Crippen molar-refractivity contribution >= 4 is 17.2 Å². The summed E-state index contributed by atoms with van der Waals surface area (Å²) in [5.74, 6) is -0.295. The van der Waals surface area contributed by atoms with Gasteiger partial charge in [-0.25, -0.2) is 9.37 Å². The van der Waals surface area contributed by atoms with Crippen LogP contribution in [-0.2, 0) is 6.42 Å². The van der Waals surface area contributed by atoms with Crippen LogP contribution >= 0.6 is 11.3 Å². The largest absolute Gasteiger partial charge is 0.350 e. The number of carbonyl (C=O) groups excluding carboxylic acids is 1. The van der Waals surface area contributed by atoms with Crippen LogP contribution in [0.2, 0.25) is 0 Å². The van der Waals surface area contributed by atoms with E-state index in [4.69, 9.17) is 0 Å². The molecule has 0 saturated carbocycles. The van der Waals surface area contributed by atoms with Gasteiger partial charge >= 0.3 is 0 Å². The highest BCUT2D eigenvalue weighted by molar-refractivity contribution is 7.13. The number of aromatic nitrogens is 1. The van der Waals surface area contributed by atoms with E-state index in [9.17, 15) is 9.18 Å². The number of hydrogen-bond acceptors (Lipinski definition) is 4. The Morgan fingerprint density at radius 1 is 1.36 bits per heavy atom. The summed E-state index contributed by atoms with van der Waals surface area (Å²) in [6.45, 7) is 5.02. The van der Waals surface area contributed by atoms with Gasteiger partial charge in [0.15, 0.2) is 0 Å². The second-order valence-corrected chi connectivity index (χ2v) is 7.52. The van der Waals surface area contributed by atoms with Crippen LogP contribution < -0.4 is 5.32 Å². The molecule has 1 aliphatic rings. The summed E-state index contributed by atoms with van der Waals surface area (Å²) >= 11 is 1.40. The molecular formula is C19H24FN3OS. The Morgan fingerprint density at radius 3 is 2.92 bits per heavy atom. The van der Waals surface area contributed by atoms with Crippen LogP contribution in [0.5, 0.6) is 0 Å². The number of thiazole rings is 1. The normalized spacial score (nSPS) is 18.2. The molecule has 1 unspecified atom stereocenters. The van der Waals surface area contributed by atoms with Gasteiger partial charge in [0.2, 0.25) is 0 Å². The van der Waals surface area contributed by atoms with Crippen molar-refractivity contribution in [1.29, 1.82) is 0 Å². The first-order valence-corrected chi connectivity index (χ1v) is 9.68. The van der Waals surface area contributed by atoms with Gasteiger partial charge < -0.3 is 5.32 Å². The lowest BCUT2D eigenvalue weighted by atomic mass is 10.0. The Labute approximate surface area is 152 Å². The standard InChI is InChI=1S/C19H24FN3OS/c1-2-23-10-4-3-5-16(23)12-22-19(24)17-13-21-18(25-17)11-14-6-8-15(20)9-7-14/h6-9,13,16H,2-5,10-12H2,1H3,(H,22,24). The lowest BCUT2D eigenvalue weighted by Crippen LogP contribution is -2.46. The molecule has 25 heavy (non-hydrogen) atoms. The van der Waals surface area contributed by atoms with E-state index in [1.165, 1.54) is 36.3 Å². The molecule has 1 atom stereocenters. The molecule has 1 amide bonds. The fourth-order valence-corrected chi connectivity index (χ4v) is 4.15. The third kappa shape index (κ3) is 4.86. The van der Waals surface area contributed by atoms with Gasteiger partial charge in [-0.1, -0.05) is 25.5 Å². The number of benzene rings is 1. The Morgan fingerprint density at radius 2 is 2.16 bits per heavy atom. The maximum absolute atomic E-state index is 13.0. The summed E-state index contributed by atoms with van der Waals surface area (Å²) in [7, 11) is 0. The molecule has 3 rings (SSSR count). The number of hydrogen-bond donors (Lipinski definition) is 1. The fraction of sp³-hybridized carbons (Fsp3) is 0.474. The minimum absolute atomic E-state index is 0.0514. The highest BCUT2D eigenvalue weighted by Crippen LogP contribution is 2.18. The third-order valence-electron chi connectivity index (χ3n) is 4.70. The fourth-order valence-electron chi connectivity index (χ4n) is 3.28. The molecule has 1 fully saturated rings. The first-order chi connectivity index (χ1) is 12.2. The number of nitrogens with one attached hydrogen (secondary N) is 1. The van der Waals surface area contributed by atoms with Gasteiger partial charge in [0.1, 0.15) is 10.7 Å². The monoisotopic (exact) mass is 361 g/mol. The zero-order chi connectivity index (χ0) is 17.6. The molecule has 0 bridgehead atoms. The van der Waals surface area contributed by atoms with Gasteiger partial charge in [-0.2, -0.15) is 0 Å². The molecular weight excluding hydrogens is 337 g/mol. The number of nitrogens with zero attached hydrogens (tertiary/aromatic N) is 2. The molecule has 4 nitrogen and oxygen atoms in total. The summed E-state index contributed by atoms with van der Waals surface area (Å²) in [6, 6.07) is 6.83. The van der Waals surface area contributed by atoms with Crippen molar-refractivity contribution < 1.29 is 9.18 Å². The second-order valence-electron chi connectivity index (χ2n) is 6.41. The number of likely N-dealkylation sites (N-methyl/N-ethyl adjacent to an activating group) is 1. The van der Waals surface area contributed by atoms with Gasteiger partial charge in [0.05, 0.1) is 11.2 Å². The lowest BCUT2D eigenvalue weighted by molar-refractivity contribution is 0.0921. The topological polar surface area (TPSA) is 45.2 Å². The van der Waals surface area contributed by atoms with Crippen LogP contribution in [0.25, 0.3) is 0 Å². The highest BCUT2D eigenvalue weighted by Gasteiger charge is 2.22. The SMILES string of the molecule is CCN1CCCCC1CNC(=O)c1cnc(Cc2ccc(F)cc2)s1. The smallest absolute Gasteiger partial charge is 0.263 e. The maximum Gasteiger partial charge on any atom is 0.263 e. The van der Waals surface area contributed by atoms with Crippen molar-refractivity contribution in [3.05, 3.63) is 51.7 Å². The van der Waals surface area contributed by atoms with Crippen molar-refractivity contribution in [2.75, 3.05) is 19.6 Å². The summed E-state index contributed by atoms with van der Waals surface area (Å²) < 4.78 is 13.0. The van der Waals surface area contributed by atoms with Crippen LogP contribution in [-0.4, -0.2) is 41.5 Å². The first kappa shape index (κ1) is 18.0. The quantitative estimate of drug-likeness (QED) is 0.857. The van der Waals surface area contributed by atoms with Crippen molar-refractivity contribution in [1.82, 2.24) is 15.2 Å². The molecule has 134 valence electrons. The number of carbonyl (C=O) groups is 1. The van der Waals surface area contributed by atoms with E-state index in [0.717, 1.165) is 30.1 Å². The summed E-state index contributed by atoms with van der Waals surface area (Å²) in [6.07, 6.45) is 5.88. The average Bonchev–Trinajstić information content (AvgIpc) is 3.10.